The van der Waals surface area contributed by atoms with Gasteiger partial charge in [0.1, 0.15) is 11.3 Å². The number of carbonyl (C=O) groups excluding carboxylic acids is 1. The van der Waals surface area contributed by atoms with E-state index >= 15 is 0 Å². The lowest BCUT2D eigenvalue weighted by Crippen LogP contribution is -2.34. The Balaban J connectivity index is 1.51. The highest BCUT2D eigenvalue weighted by Gasteiger charge is 2.11. The van der Waals surface area contributed by atoms with E-state index in [4.69, 9.17) is 0 Å². The predicted octanol–water partition coefficient (Wildman–Crippen LogP) is 2.89. The minimum atomic E-state index is -0.318. The van der Waals surface area contributed by atoms with Crippen LogP contribution >= 0.6 is 22.7 Å². The van der Waals surface area contributed by atoms with Crippen LogP contribution in [-0.4, -0.2) is 20.6 Å². The molecule has 4 aromatic rings. The number of para-hydroxylation sites is 1. The minimum absolute atomic E-state index is 0.0971. The van der Waals surface area contributed by atoms with Crippen molar-refractivity contribution in [3.63, 3.8) is 0 Å². The summed E-state index contributed by atoms with van der Waals surface area (Å²) in [5, 5.41) is 7.20. The molecule has 0 fully saturated rings. The highest BCUT2D eigenvalue weighted by Crippen LogP contribution is 2.25. The molecule has 0 bridgehead atoms. The van der Waals surface area contributed by atoms with Crippen LogP contribution in [0.25, 0.3) is 21.5 Å². The van der Waals surface area contributed by atoms with Gasteiger partial charge >= 0.3 is 0 Å². The molecule has 1 aromatic carbocycles. The Morgan fingerprint density at radius 2 is 2.08 bits per heavy atom. The molecule has 4 rings (SSSR count). The summed E-state index contributed by atoms with van der Waals surface area (Å²) < 4.78 is 1.11. The van der Waals surface area contributed by atoms with Gasteiger partial charge in [-0.2, -0.15) is 11.3 Å². The summed E-state index contributed by atoms with van der Waals surface area (Å²) in [5.74, 6) is -0.318. The molecule has 6 nitrogen and oxygen atoms in total. The molecule has 8 heteroatoms. The molecule has 0 aliphatic heterocycles. The number of rotatable bonds is 4. The summed E-state index contributed by atoms with van der Waals surface area (Å²) in [5.41, 5.74) is 4.57. The third-order valence-corrected chi connectivity index (χ3v) is 5.20. The van der Waals surface area contributed by atoms with Crippen molar-refractivity contribution in [2.75, 3.05) is 5.43 Å². The summed E-state index contributed by atoms with van der Waals surface area (Å²) in [6, 6.07) is 9.00. The van der Waals surface area contributed by atoms with Gasteiger partial charge in [0.15, 0.2) is 0 Å². The number of fused-ring (bicyclic) bond motifs is 1. The second-order valence-corrected chi connectivity index (χ2v) is 6.94. The van der Waals surface area contributed by atoms with Gasteiger partial charge in [0.25, 0.3) is 5.56 Å². The van der Waals surface area contributed by atoms with Crippen LogP contribution in [0.15, 0.2) is 57.6 Å². The van der Waals surface area contributed by atoms with Gasteiger partial charge in [-0.3, -0.25) is 15.0 Å². The zero-order chi connectivity index (χ0) is 17.2. The molecule has 25 heavy (non-hydrogen) atoms. The number of hydrogen-bond donors (Lipinski definition) is 1. The van der Waals surface area contributed by atoms with Crippen molar-refractivity contribution < 1.29 is 4.79 Å². The van der Waals surface area contributed by atoms with Crippen molar-refractivity contribution in [1.29, 1.82) is 0 Å². The Hall–Kier alpha value is -2.84. The molecule has 0 saturated carbocycles. The van der Waals surface area contributed by atoms with Gasteiger partial charge in [0, 0.05) is 16.3 Å². The fraction of sp³-hybridized carbons (Fsp3) is 0.0588. The molecule has 124 valence electrons. The van der Waals surface area contributed by atoms with E-state index in [9.17, 15) is 9.59 Å². The van der Waals surface area contributed by atoms with E-state index in [1.165, 1.54) is 17.7 Å². The Labute approximate surface area is 150 Å². The normalized spacial score (nSPS) is 10.9. The smallest absolute Gasteiger partial charge is 0.273 e. The average molecular weight is 368 g/mol. The van der Waals surface area contributed by atoms with Crippen molar-refractivity contribution in [2.45, 2.75) is 6.42 Å². The van der Waals surface area contributed by atoms with Gasteiger partial charge in [0.2, 0.25) is 5.91 Å². The van der Waals surface area contributed by atoms with Gasteiger partial charge in [0.05, 0.1) is 23.0 Å². The van der Waals surface area contributed by atoms with Crippen LogP contribution in [0.3, 0.4) is 0 Å². The maximum absolute atomic E-state index is 12.4. The lowest BCUT2D eigenvalue weighted by atomic mass is 10.2. The molecule has 0 radical (unpaired) electrons. The topological polar surface area (TPSA) is 76.9 Å². The summed E-state index contributed by atoms with van der Waals surface area (Å²) in [6.45, 7) is 0. The maximum Gasteiger partial charge on any atom is 0.280 e. The van der Waals surface area contributed by atoms with Crippen LogP contribution in [-0.2, 0) is 11.2 Å². The van der Waals surface area contributed by atoms with E-state index in [0.29, 0.717) is 16.6 Å². The molecule has 0 spiro atoms. The number of amides is 1. The van der Waals surface area contributed by atoms with Crippen molar-refractivity contribution in [1.82, 2.24) is 14.6 Å². The molecule has 0 unspecified atom stereocenters. The van der Waals surface area contributed by atoms with Crippen LogP contribution in [0.5, 0.6) is 0 Å². The Morgan fingerprint density at radius 1 is 1.20 bits per heavy atom. The van der Waals surface area contributed by atoms with E-state index in [0.717, 1.165) is 15.2 Å². The van der Waals surface area contributed by atoms with E-state index < -0.39 is 0 Å². The SMILES string of the molecule is O=C(Cc1csc(-c2ccsc2)n1)Nn1cnc2ccccc2c1=O. The van der Waals surface area contributed by atoms with Crippen LogP contribution in [0.2, 0.25) is 0 Å². The fourth-order valence-corrected chi connectivity index (χ4v) is 3.93. The number of benzene rings is 1. The van der Waals surface area contributed by atoms with Crippen LogP contribution in [0.1, 0.15) is 5.69 Å². The molecule has 1 N–H and O–H groups in total. The summed E-state index contributed by atoms with van der Waals surface area (Å²) in [6.07, 6.45) is 1.42. The van der Waals surface area contributed by atoms with Crippen LogP contribution in [0, 0.1) is 0 Å². The van der Waals surface area contributed by atoms with E-state index in [-0.39, 0.29) is 17.9 Å². The lowest BCUT2D eigenvalue weighted by Gasteiger charge is -2.07. The van der Waals surface area contributed by atoms with Crippen molar-refractivity contribution >= 4 is 39.5 Å². The summed E-state index contributed by atoms with van der Waals surface area (Å²) in [4.78, 5) is 33.2. The Bertz CT molecular complexity index is 1100. The highest BCUT2D eigenvalue weighted by atomic mass is 32.1. The third kappa shape index (κ3) is 3.21. The first kappa shape index (κ1) is 15.7. The van der Waals surface area contributed by atoms with E-state index in [1.54, 1.807) is 29.5 Å². The summed E-state index contributed by atoms with van der Waals surface area (Å²) >= 11 is 3.10. The van der Waals surface area contributed by atoms with E-state index in [1.807, 2.05) is 28.3 Å². The van der Waals surface area contributed by atoms with Crippen LogP contribution < -0.4 is 11.0 Å². The van der Waals surface area contributed by atoms with Gasteiger partial charge in [-0.25, -0.2) is 14.6 Å². The molecular weight excluding hydrogens is 356 g/mol. The first-order chi connectivity index (χ1) is 12.2. The molecule has 3 heterocycles. The number of carbonyl (C=O) groups is 1. The third-order valence-electron chi connectivity index (χ3n) is 3.57. The highest BCUT2D eigenvalue weighted by molar-refractivity contribution is 7.14. The monoisotopic (exact) mass is 368 g/mol. The molecule has 0 atom stereocenters. The molecule has 0 aliphatic rings. The second kappa shape index (κ2) is 6.58. The zero-order valence-corrected chi connectivity index (χ0v) is 14.5. The number of aromatic nitrogens is 3. The quantitative estimate of drug-likeness (QED) is 0.601. The summed E-state index contributed by atoms with van der Waals surface area (Å²) in [7, 11) is 0. The Morgan fingerprint density at radius 3 is 2.92 bits per heavy atom. The largest absolute Gasteiger partial charge is 0.280 e. The molecule has 1 amide bonds. The number of nitrogens with one attached hydrogen (secondary N) is 1. The first-order valence-corrected chi connectivity index (χ1v) is 9.26. The molecule has 3 aromatic heterocycles. The van der Waals surface area contributed by atoms with Gasteiger partial charge < -0.3 is 0 Å². The van der Waals surface area contributed by atoms with E-state index in [2.05, 4.69) is 15.4 Å². The van der Waals surface area contributed by atoms with Crippen molar-refractivity contribution in [3.05, 3.63) is 68.8 Å². The fourth-order valence-electron chi connectivity index (χ4n) is 2.39. The first-order valence-electron chi connectivity index (χ1n) is 7.44. The number of thiazole rings is 1. The predicted molar refractivity (Wildman–Crippen MR) is 99.5 cm³/mol. The van der Waals surface area contributed by atoms with Gasteiger partial charge in [-0.05, 0) is 23.6 Å². The minimum Gasteiger partial charge on any atom is -0.273 e. The number of nitrogens with zero attached hydrogens (tertiary/aromatic N) is 3. The molecular formula is C17H12N4O2S2. The lowest BCUT2D eigenvalue weighted by molar-refractivity contribution is -0.116. The molecule has 0 aliphatic carbocycles. The molecule has 0 saturated heterocycles. The maximum atomic E-state index is 12.4. The average Bonchev–Trinajstić information content (AvgIpc) is 3.29. The van der Waals surface area contributed by atoms with Gasteiger partial charge in [-0.15, -0.1) is 11.3 Å². The number of hydrogen-bond acceptors (Lipinski definition) is 6. The second-order valence-electron chi connectivity index (χ2n) is 5.30. The van der Waals surface area contributed by atoms with Crippen molar-refractivity contribution in [2.24, 2.45) is 0 Å². The number of thiophene rings is 1. The zero-order valence-electron chi connectivity index (χ0n) is 12.9. The van der Waals surface area contributed by atoms with Crippen LogP contribution in [0.4, 0.5) is 0 Å². The van der Waals surface area contributed by atoms with Crippen molar-refractivity contribution in [3.8, 4) is 10.6 Å². The van der Waals surface area contributed by atoms with Gasteiger partial charge in [-0.1, -0.05) is 12.1 Å². The Kier molecular flexibility index (Phi) is 4.12. The standard InChI is InChI=1S/C17H12N4O2S2/c22-15(7-12-9-25-16(19-12)11-5-6-24-8-11)20-21-10-18-14-4-2-1-3-13(14)17(21)23/h1-6,8-10H,7H2,(H,20,22).